The van der Waals surface area contributed by atoms with Crippen LogP contribution >= 0.6 is 11.8 Å². The third kappa shape index (κ3) is 6.54. The Morgan fingerprint density at radius 3 is 2.37 bits per heavy atom. The molecule has 1 heterocycles. The number of thioether (sulfide) groups is 1. The van der Waals surface area contributed by atoms with Crippen LogP contribution in [-0.4, -0.2) is 48.8 Å². The lowest BCUT2D eigenvalue weighted by atomic mass is 10.1. The zero-order chi connectivity index (χ0) is 27.1. The highest BCUT2D eigenvalue weighted by atomic mass is 32.2. The summed E-state index contributed by atoms with van der Waals surface area (Å²) in [5.41, 5.74) is 3.50. The summed E-state index contributed by atoms with van der Waals surface area (Å²) >= 11 is 0.851. The van der Waals surface area contributed by atoms with Crippen LogP contribution < -0.4 is 19.5 Å². The number of carbonyl (C=O) groups excluding carboxylic acids is 3. The Kier molecular flexibility index (Phi) is 8.70. The van der Waals surface area contributed by atoms with E-state index in [1.165, 1.54) is 0 Å². The van der Waals surface area contributed by atoms with Crippen molar-refractivity contribution in [3.05, 3.63) is 88.3 Å². The van der Waals surface area contributed by atoms with Gasteiger partial charge >= 0.3 is 0 Å². The lowest BCUT2D eigenvalue weighted by molar-refractivity contribution is -0.123. The second-order valence-corrected chi connectivity index (χ2v) is 9.50. The van der Waals surface area contributed by atoms with Gasteiger partial charge in [-0.3, -0.25) is 19.3 Å². The quantitative estimate of drug-likeness (QED) is 0.347. The van der Waals surface area contributed by atoms with Gasteiger partial charge in [-0.15, -0.1) is 0 Å². The summed E-state index contributed by atoms with van der Waals surface area (Å²) in [6, 6.07) is 19.9. The van der Waals surface area contributed by atoms with Gasteiger partial charge in [-0.25, -0.2) is 0 Å². The Bertz CT molecular complexity index is 1390. The number of imide groups is 1. The molecule has 3 amide bonds. The average Bonchev–Trinajstić information content (AvgIpc) is 3.18. The van der Waals surface area contributed by atoms with Gasteiger partial charge in [0, 0.05) is 11.3 Å². The molecule has 0 bridgehead atoms. The summed E-state index contributed by atoms with van der Waals surface area (Å²) in [5.74, 6) is 0.810. The van der Waals surface area contributed by atoms with Crippen LogP contribution in [0.5, 0.6) is 17.2 Å². The molecule has 1 N–H and O–H groups in total. The highest BCUT2D eigenvalue weighted by molar-refractivity contribution is 8.18. The molecule has 9 heteroatoms. The summed E-state index contributed by atoms with van der Waals surface area (Å²) < 4.78 is 16.7. The van der Waals surface area contributed by atoms with E-state index in [2.05, 4.69) is 5.32 Å². The molecule has 0 unspecified atom stereocenters. The predicted molar refractivity (Wildman–Crippen MR) is 148 cm³/mol. The van der Waals surface area contributed by atoms with Crippen molar-refractivity contribution in [1.82, 2.24) is 4.90 Å². The van der Waals surface area contributed by atoms with Crippen molar-refractivity contribution in [1.29, 1.82) is 0 Å². The molecule has 4 rings (SSSR count). The van der Waals surface area contributed by atoms with E-state index in [1.54, 1.807) is 49.6 Å². The number of ether oxygens (including phenoxy) is 3. The minimum Gasteiger partial charge on any atom is -0.493 e. The van der Waals surface area contributed by atoms with Gasteiger partial charge in [-0.2, -0.15) is 0 Å². The van der Waals surface area contributed by atoms with Crippen LogP contribution in [-0.2, 0) is 9.59 Å². The molecular weight excluding hydrogens is 504 g/mol. The number of hydrogen-bond donors (Lipinski definition) is 1. The molecule has 1 fully saturated rings. The van der Waals surface area contributed by atoms with Crippen LogP contribution in [0.1, 0.15) is 16.7 Å². The first-order chi connectivity index (χ1) is 18.4. The maximum Gasteiger partial charge on any atom is 0.293 e. The Balaban J connectivity index is 1.37. The molecule has 0 atom stereocenters. The molecule has 8 nitrogen and oxygen atoms in total. The van der Waals surface area contributed by atoms with Crippen LogP contribution in [0.3, 0.4) is 0 Å². The number of benzene rings is 3. The molecule has 38 heavy (non-hydrogen) atoms. The SMILES string of the molecule is COc1ccccc1OCCN1C(=O)S/C(=C\c2ccccc2OCC(=O)Nc2ccc(C)c(C)c2)C1=O. The first-order valence-corrected chi connectivity index (χ1v) is 12.8. The van der Waals surface area contributed by atoms with Crippen LogP contribution in [0.15, 0.2) is 71.6 Å². The molecule has 1 aliphatic rings. The van der Waals surface area contributed by atoms with Crippen molar-refractivity contribution >= 4 is 40.6 Å². The van der Waals surface area contributed by atoms with Crippen LogP contribution in [0, 0.1) is 13.8 Å². The molecule has 0 aromatic heterocycles. The lowest BCUT2D eigenvalue weighted by Gasteiger charge is -2.14. The second kappa shape index (κ2) is 12.3. The number of aryl methyl sites for hydroxylation is 2. The third-order valence-corrected chi connectivity index (χ3v) is 6.78. The first kappa shape index (κ1) is 26.8. The average molecular weight is 533 g/mol. The highest BCUT2D eigenvalue weighted by Gasteiger charge is 2.35. The van der Waals surface area contributed by atoms with Crippen molar-refractivity contribution < 1.29 is 28.6 Å². The summed E-state index contributed by atoms with van der Waals surface area (Å²) in [7, 11) is 1.54. The van der Waals surface area contributed by atoms with Gasteiger partial charge in [0.25, 0.3) is 17.1 Å². The summed E-state index contributed by atoms with van der Waals surface area (Å²) in [6.07, 6.45) is 1.60. The minimum absolute atomic E-state index is 0.0941. The molecule has 1 saturated heterocycles. The van der Waals surface area contributed by atoms with Crippen LogP contribution in [0.25, 0.3) is 6.08 Å². The Morgan fingerprint density at radius 1 is 0.921 bits per heavy atom. The molecule has 0 saturated carbocycles. The maximum atomic E-state index is 12.9. The number of para-hydroxylation sites is 3. The van der Waals surface area contributed by atoms with Crippen molar-refractivity contribution in [3.8, 4) is 17.2 Å². The summed E-state index contributed by atoms with van der Waals surface area (Å²) in [4.78, 5) is 39.3. The molecular formula is C29H28N2O6S. The smallest absolute Gasteiger partial charge is 0.293 e. The zero-order valence-corrected chi connectivity index (χ0v) is 22.2. The van der Waals surface area contributed by atoms with Gasteiger partial charge in [-0.05, 0) is 73.1 Å². The predicted octanol–water partition coefficient (Wildman–Crippen LogP) is 5.44. The fraction of sp³-hybridized carbons (Fsp3) is 0.207. The minimum atomic E-state index is -0.411. The van der Waals surface area contributed by atoms with Crippen molar-refractivity contribution in [2.75, 3.05) is 32.2 Å². The van der Waals surface area contributed by atoms with Gasteiger partial charge in [-0.1, -0.05) is 36.4 Å². The van der Waals surface area contributed by atoms with E-state index in [-0.39, 0.29) is 35.8 Å². The van der Waals surface area contributed by atoms with Crippen molar-refractivity contribution in [2.24, 2.45) is 0 Å². The van der Waals surface area contributed by atoms with E-state index in [4.69, 9.17) is 14.2 Å². The van der Waals surface area contributed by atoms with E-state index >= 15 is 0 Å². The second-order valence-electron chi connectivity index (χ2n) is 8.51. The lowest BCUT2D eigenvalue weighted by Crippen LogP contribution is -2.32. The van der Waals surface area contributed by atoms with Gasteiger partial charge in [0.05, 0.1) is 18.6 Å². The number of nitrogens with zero attached hydrogens (tertiary/aromatic N) is 1. The van der Waals surface area contributed by atoms with Gasteiger partial charge in [0.15, 0.2) is 18.1 Å². The molecule has 0 radical (unpaired) electrons. The zero-order valence-electron chi connectivity index (χ0n) is 21.4. The third-order valence-electron chi connectivity index (χ3n) is 5.87. The highest BCUT2D eigenvalue weighted by Crippen LogP contribution is 2.34. The summed E-state index contributed by atoms with van der Waals surface area (Å²) in [6.45, 7) is 4.00. The molecule has 196 valence electrons. The van der Waals surface area contributed by atoms with E-state index in [1.807, 2.05) is 44.2 Å². The molecule has 3 aromatic carbocycles. The molecule has 1 aliphatic heterocycles. The number of rotatable bonds is 10. The standard InChI is InChI=1S/C29H28N2O6S/c1-19-12-13-22(16-20(19)2)30-27(32)18-37-23-9-5-4-8-21(23)17-26-28(33)31(29(34)38-26)14-15-36-25-11-7-6-10-24(25)35-3/h4-13,16-17H,14-15,18H2,1-3H3,(H,30,32)/b26-17-. The van der Waals surface area contributed by atoms with Crippen LogP contribution in [0.4, 0.5) is 10.5 Å². The molecule has 0 aliphatic carbocycles. The fourth-order valence-corrected chi connectivity index (χ4v) is 4.57. The van der Waals surface area contributed by atoms with E-state index < -0.39 is 5.91 Å². The molecule has 3 aromatic rings. The summed E-state index contributed by atoms with van der Waals surface area (Å²) in [5, 5.41) is 2.44. The number of carbonyl (C=O) groups is 3. The monoisotopic (exact) mass is 532 g/mol. The van der Waals surface area contributed by atoms with Crippen molar-refractivity contribution in [3.63, 3.8) is 0 Å². The Hall–Kier alpha value is -4.24. The number of hydrogen-bond acceptors (Lipinski definition) is 7. The first-order valence-electron chi connectivity index (χ1n) is 12.0. The maximum absolute atomic E-state index is 12.9. The Labute approximate surface area is 225 Å². The van der Waals surface area contributed by atoms with Crippen molar-refractivity contribution in [2.45, 2.75) is 13.8 Å². The normalized spacial score (nSPS) is 14.1. The van der Waals surface area contributed by atoms with E-state index in [9.17, 15) is 14.4 Å². The number of amides is 3. The van der Waals surface area contributed by atoms with E-state index in [0.29, 0.717) is 28.5 Å². The van der Waals surface area contributed by atoms with Crippen LogP contribution in [0.2, 0.25) is 0 Å². The van der Waals surface area contributed by atoms with Gasteiger partial charge < -0.3 is 19.5 Å². The van der Waals surface area contributed by atoms with E-state index in [0.717, 1.165) is 27.8 Å². The number of methoxy groups -OCH3 is 1. The topological polar surface area (TPSA) is 94.2 Å². The largest absolute Gasteiger partial charge is 0.493 e. The fourth-order valence-electron chi connectivity index (χ4n) is 3.71. The van der Waals surface area contributed by atoms with Gasteiger partial charge in [0.1, 0.15) is 12.4 Å². The molecule has 0 spiro atoms. The van der Waals surface area contributed by atoms with Gasteiger partial charge in [0.2, 0.25) is 0 Å². The number of nitrogens with one attached hydrogen (secondary N) is 1. The Morgan fingerprint density at radius 2 is 1.63 bits per heavy atom. The number of anilines is 1.